The third-order valence-corrected chi connectivity index (χ3v) is 4.09. The standard InChI is InChI=1S/C19H24O7/c1-11-5-3-7-14(20)18(23)15(21)8-4-6-12-9-13(25-2)10-16(22)17(12)19(24)26-11/h3-4,6-7,9-11,14-15,18,20-23H,5,8H2,1-2H3/b6-4-,7-3-/t11-,14-,15-,18+/m0/s1. The van der Waals surface area contributed by atoms with Crippen molar-refractivity contribution in [2.45, 2.75) is 44.2 Å². The summed E-state index contributed by atoms with van der Waals surface area (Å²) in [5.41, 5.74) is 0.346. The van der Waals surface area contributed by atoms with Crippen LogP contribution in [0.25, 0.3) is 6.08 Å². The van der Waals surface area contributed by atoms with E-state index in [1.165, 1.54) is 31.4 Å². The third-order valence-electron chi connectivity index (χ3n) is 4.09. The first-order valence-corrected chi connectivity index (χ1v) is 8.32. The van der Waals surface area contributed by atoms with Gasteiger partial charge < -0.3 is 29.9 Å². The Hall–Kier alpha value is -2.35. The van der Waals surface area contributed by atoms with Crippen LogP contribution in [0.4, 0.5) is 0 Å². The van der Waals surface area contributed by atoms with Crippen LogP contribution in [0.1, 0.15) is 35.7 Å². The van der Waals surface area contributed by atoms with Gasteiger partial charge in [0, 0.05) is 12.5 Å². The van der Waals surface area contributed by atoms with E-state index in [-0.39, 0.29) is 17.7 Å². The molecule has 0 bridgehead atoms. The molecule has 1 aromatic rings. The highest BCUT2D eigenvalue weighted by Gasteiger charge is 2.23. The molecule has 0 unspecified atom stereocenters. The van der Waals surface area contributed by atoms with E-state index in [1.54, 1.807) is 19.1 Å². The molecule has 1 heterocycles. The number of cyclic esters (lactones) is 1. The Morgan fingerprint density at radius 1 is 1.15 bits per heavy atom. The highest BCUT2D eigenvalue weighted by atomic mass is 16.5. The Morgan fingerprint density at radius 2 is 1.88 bits per heavy atom. The monoisotopic (exact) mass is 364 g/mol. The fourth-order valence-corrected chi connectivity index (χ4v) is 2.61. The number of aromatic hydroxyl groups is 1. The summed E-state index contributed by atoms with van der Waals surface area (Å²) in [7, 11) is 1.43. The lowest BCUT2D eigenvalue weighted by Gasteiger charge is -2.20. The van der Waals surface area contributed by atoms with Crippen LogP contribution >= 0.6 is 0 Å². The van der Waals surface area contributed by atoms with Crippen molar-refractivity contribution in [1.82, 2.24) is 0 Å². The minimum Gasteiger partial charge on any atom is -0.507 e. The van der Waals surface area contributed by atoms with Gasteiger partial charge in [-0.1, -0.05) is 24.3 Å². The van der Waals surface area contributed by atoms with Gasteiger partial charge in [-0.3, -0.25) is 0 Å². The molecule has 142 valence electrons. The number of aliphatic hydroxyl groups excluding tert-OH is 3. The lowest BCUT2D eigenvalue weighted by atomic mass is 10.0. The fraction of sp³-hybridized carbons (Fsp3) is 0.421. The van der Waals surface area contributed by atoms with E-state index in [1.807, 2.05) is 0 Å². The predicted molar refractivity (Wildman–Crippen MR) is 95.0 cm³/mol. The Morgan fingerprint density at radius 3 is 2.58 bits per heavy atom. The molecule has 0 aromatic heterocycles. The number of ether oxygens (including phenoxy) is 2. The van der Waals surface area contributed by atoms with E-state index >= 15 is 0 Å². The molecule has 0 amide bonds. The second-order valence-corrected chi connectivity index (χ2v) is 6.18. The van der Waals surface area contributed by atoms with Crippen LogP contribution in [0.3, 0.4) is 0 Å². The maximum absolute atomic E-state index is 12.5. The number of benzene rings is 1. The van der Waals surface area contributed by atoms with E-state index in [0.29, 0.717) is 17.7 Å². The lowest BCUT2D eigenvalue weighted by molar-refractivity contribution is -0.0394. The predicted octanol–water partition coefficient (Wildman–Crippen LogP) is 1.39. The van der Waals surface area contributed by atoms with E-state index < -0.39 is 30.4 Å². The normalized spacial score (nSPS) is 29.8. The molecule has 2 rings (SSSR count). The van der Waals surface area contributed by atoms with Gasteiger partial charge in [-0.2, -0.15) is 0 Å². The van der Waals surface area contributed by atoms with Gasteiger partial charge in [-0.25, -0.2) is 4.79 Å². The number of esters is 1. The fourth-order valence-electron chi connectivity index (χ4n) is 2.61. The summed E-state index contributed by atoms with van der Waals surface area (Å²) in [5.74, 6) is -0.615. The average Bonchev–Trinajstić information content (AvgIpc) is 2.59. The topological polar surface area (TPSA) is 116 Å². The van der Waals surface area contributed by atoms with Gasteiger partial charge in [-0.15, -0.1) is 0 Å². The Labute approximate surface area is 151 Å². The van der Waals surface area contributed by atoms with Crippen LogP contribution in [-0.2, 0) is 4.74 Å². The van der Waals surface area contributed by atoms with Gasteiger partial charge in [0.25, 0.3) is 0 Å². The van der Waals surface area contributed by atoms with Crippen LogP contribution in [0, 0.1) is 0 Å². The molecule has 0 fully saturated rings. The third kappa shape index (κ3) is 4.85. The van der Waals surface area contributed by atoms with Gasteiger partial charge in [0.2, 0.25) is 0 Å². The zero-order chi connectivity index (χ0) is 19.3. The van der Waals surface area contributed by atoms with Crippen molar-refractivity contribution < 1.29 is 34.7 Å². The molecule has 0 spiro atoms. The summed E-state index contributed by atoms with van der Waals surface area (Å²) in [6.45, 7) is 1.67. The van der Waals surface area contributed by atoms with Gasteiger partial charge in [-0.05, 0) is 25.0 Å². The maximum atomic E-state index is 12.5. The number of aliphatic hydroxyl groups is 3. The van der Waals surface area contributed by atoms with E-state index in [0.717, 1.165) is 0 Å². The molecule has 0 saturated heterocycles. The Balaban J connectivity index is 2.44. The van der Waals surface area contributed by atoms with Crippen LogP contribution < -0.4 is 4.74 Å². The van der Waals surface area contributed by atoms with Crippen molar-refractivity contribution in [3.8, 4) is 11.5 Å². The number of fused-ring (bicyclic) bond motifs is 1. The highest BCUT2D eigenvalue weighted by molar-refractivity contribution is 5.97. The van der Waals surface area contributed by atoms with E-state index in [9.17, 15) is 25.2 Å². The highest BCUT2D eigenvalue weighted by Crippen LogP contribution is 2.30. The number of phenolic OH excluding ortho intramolecular Hbond substituents is 1. The van der Waals surface area contributed by atoms with Crippen LogP contribution in [0.2, 0.25) is 0 Å². The molecule has 26 heavy (non-hydrogen) atoms. The maximum Gasteiger partial charge on any atom is 0.342 e. The molecule has 1 aromatic carbocycles. The first-order valence-electron chi connectivity index (χ1n) is 8.32. The van der Waals surface area contributed by atoms with Crippen molar-refractivity contribution in [2.75, 3.05) is 7.11 Å². The molecule has 7 heteroatoms. The second kappa shape index (κ2) is 8.84. The SMILES string of the molecule is COc1cc(O)c2c(c1)/C=C\C[C@H](O)[C@H](O)[C@@H](O)/C=C\C[C@H](C)OC2=O. The van der Waals surface area contributed by atoms with Gasteiger partial charge in [0.15, 0.2) is 0 Å². The molecule has 4 atom stereocenters. The lowest BCUT2D eigenvalue weighted by Crippen LogP contribution is -2.35. The quantitative estimate of drug-likeness (QED) is 0.439. The molecule has 0 saturated carbocycles. The summed E-state index contributed by atoms with van der Waals surface area (Å²) in [4.78, 5) is 12.5. The smallest absolute Gasteiger partial charge is 0.342 e. The Bertz CT molecular complexity index is 695. The van der Waals surface area contributed by atoms with Gasteiger partial charge in [0.1, 0.15) is 35.4 Å². The van der Waals surface area contributed by atoms with E-state index in [2.05, 4.69) is 0 Å². The summed E-state index contributed by atoms with van der Waals surface area (Å²) in [6.07, 6.45) is 2.00. The zero-order valence-corrected chi connectivity index (χ0v) is 14.7. The minimum absolute atomic E-state index is 0.00925. The molecule has 1 aliphatic heterocycles. The van der Waals surface area contributed by atoms with Crippen LogP contribution in [0.5, 0.6) is 11.5 Å². The minimum atomic E-state index is -1.35. The van der Waals surface area contributed by atoms with Gasteiger partial charge in [0.05, 0.1) is 13.2 Å². The summed E-state index contributed by atoms with van der Waals surface area (Å²) >= 11 is 0. The number of carbonyl (C=O) groups excluding carboxylic acids is 1. The second-order valence-electron chi connectivity index (χ2n) is 6.18. The number of hydrogen-bond donors (Lipinski definition) is 4. The first-order chi connectivity index (χ1) is 12.3. The number of carbonyl (C=O) groups is 1. The molecule has 0 radical (unpaired) electrons. The van der Waals surface area contributed by atoms with Crippen LogP contribution in [0.15, 0.2) is 30.4 Å². The van der Waals surface area contributed by atoms with Gasteiger partial charge >= 0.3 is 5.97 Å². The molecule has 0 aliphatic carbocycles. The Kier molecular flexibility index (Phi) is 6.79. The average molecular weight is 364 g/mol. The molecule has 7 nitrogen and oxygen atoms in total. The largest absolute Gasteiger partial charge is 0.507 e. The molecular formula is C19H24O7. The van der Waals surface area contributed by atoms with Crippen molar-refractivity contribution in [3.05, 3.63) is 41.5 Å². The molecule has 4 N–H and O–H groups in total. The first kappa shape index (κ1) is 20.0. The number of phenols is 1. The summed E-state index contributed by atoms with van der Waals surface area (Å²) in [6, 6.07) is 2.87. The van der Waals surface area contributed by atoms with Crippen molar-refractivity contribution in [1.29, 1.82) is 0 Å². The summed E-state index contributed by atoms with van der Waals surface area (Å²) < 4.78 is 10.4. The number of hydrogen-bond acceptors (Lipinski definition) is 7. The molecule has 1 aliphatic rings. The van der Waals surface area contributed by atoms with Crippen LogP contribution in [-0.4, -0.2) is 57.9 Å². The molecular weight excluding hydrogens is 340 g/mol. The van der Waals surface area contributed by atoms with Crippen molar-refractivity contribution in [2.24, 2.45) is 0 Å². The van der Waals surface area contributed by atoms with E-state index in [4.69, 9.17) is 9.47 Å². The summed E-state index contributed by atoms with van der Waals surface area (Å²) in [5, 5.41) is 40.0. The number of rotatable bonds is 1. The van der Waals surface area contributed by atoms with Crippen molar-refractivity contribution >= 4 is 12.0 Å². The zero-order valence-electron chi connectivity index (χ0n) is 14.7. The number of methoxy groups -OCH3 is 1. The van der Waals surface area contributed by atoms with Crippen molar-refractivity contribution in [3.63, 3.8) is 0 Å².